The molecule has 1 atom stereocenters. The zero-order valence-electron chi connectivity index (χ0n) is 14.3. The predicted octanol–water partition coefficient (Wildman–Crippen LogP) is 1.03. The summed E-state index contributed by atoms with van der Waals surface area (Å²) in [6, 6.07) is 5.59. The van der Waals surface area contributed by atoms with Crippen LogP contribution in [-0.2, 0) is 10.0 Å². The van der Waals surface area contributed by atoms with Gasteiger partial charge in [-0.3, -0.25) is 0 Å². The van der Waals surface area contributed by atoms with Gasteiger partial charge < -0.3 is 15.5 Å². The second-order valence-corrected chi connectivity index (χ2v) is 7.93. The largest absolute Gasteiger partial charge is 0.336 e. The number of hydrogen-bond acceptors (Lipinski definition) is 4. The summed E-state index contributed by atoms with van der Waals surface area (Å²) in [6.45, 7) is 6.39. The average molecular weight is 342 g/mol. The number of amides is 2. The first-order valence-corrected chi connectivity index (χ1v) is 8.82. The van der Waals surface area contributed by atoms with Crippen molar-refractivity contribution in [1.82, 2.24) is 15.5 Å². The second-order valence-electron chi connectivity index (χ2n) is 6.37. The number of nitrogens with two attached hydrogens (primary N) is 1. The van der Waals surface area contributed by atoms with Crippen molar-refractivity contribution in [3.8, 4) is 0 Å². The van der Waals surface area contributed by atoms with E-state index in [0.717, 1.165) is 5.56 Å². The Balaban J connectivity index is 2.62. The molecule has 0 bridgehead atoms. The van der Waals surface area contributed by atoms with Crippen LogP contribution in [0.3, 0.4) is 0 Å². The van der Waals surface area contributed by atoms with Gasteiger partial charge in [0.2, 0.25) is 10.0 Å². The van der Waals surface area contributed by atoms with Gasteiger partial charge in [0.1, 0.15) is 0 Å². The lowest BCUT2D eigenvalue weighted by molar-refractivity contribution is 0.185. The minimum atomic E-state index is -3.71. The van der Waals surface area contributed by atoms with Gasteiger partial charge in [0.25, 0.3) is 0 Å². The normalized spacial score (nSPS) is 13.7. The zero-order valence-corrected chi connectivity index (χ0v) is 15.1. The summed E-state index contributed by atoms with van der Waals surface area (Å²) in [4.78, 5) is 14.0. The lowest BCUT2D eigenvalue weighted by Gasteiger charge is -2.32. The van der Waals surface area contributed by atoms with Crippen molar-refractivity contribution in [1.29, 1.82) is 0 Å². The third-order valence-corrected chi connectivity index (χ3v) is 4.88. The minimum absolute atomic E-state index is 0.0469. The fraction of sp³-hybridized carbons (Fsp3) is 0.533. The molecule has 0 aliphatic rings. The third kappa shape index (κ3) is 5.81. The molecule has 23 heavy (non-hydrogen) atoms. The van der Waals surface area contributed by atoms with E-state index in [9.17, 15) is 13.2 Å². The summed E-state index contributed by atoms with van der Waals surface area (Å²) in [6.07, 6.45) is 0. The Morgan fingerprint density at radius 2 is 1.78 bits per heavy atom. The van der Waals surface area contributed by atoms with Crippen molar-refractivity contribution in [2.24, 2.45) is 5.14 Å². The fourth-order valence-corrected chi connectivity index (χ4v) is 2.25. The van der Waals surface area contributed by atoms with Crippen LogP contribution in [0.15, 0.2) is 29.2 Å². The monoisotopic (exact) mass is 342 g/mol. The number of hydrogen-bond donors (Lipinski definition) is 3. The number of benzene rings is 1. The topological polar surface area (TPSA) is 105 Å². The number of nitrogens with zero attached hydrogens (tertiary/aromatic N) is 1. The molecule has 130 valence electrons. The van der Waals surface area contributed by atoms with E-state index in [0.29, 0.717) is 6.54 Å². The van der Waals surface area contributed by atoms with Gasteiger partial charge in [-0.15, -0.1) is 0 Å². The highest BCUT2D eigenvalue weighted by Gasteiger charge is 2.21. The molecular weight excluding hydrogens is 316 g/mol. The van der Waals surface area contributed by atoms with E-state index in [2.05, 4.69) is 10.6 Å². The quantitative estimate of drug-likeness (QED) is 0.718. The van der Waals surface area contributed by atoms with Crippen LogP contribution < -0.4 is 15.8 Å². The molecule has 0 aliphatic carbocycles. The van der Waals surface area contributed by atoms with Crippen LogP contribution >= 0.6 is 0 Å². The van der Waals surface area contributed by atoms with Crippen LogP contribution in [0.5, 0.6) is 0 Å². The molecule has 7 nitrogen and oxygen atoms in total. The van der Waals surface area contributed by atoms with Crippen molar-refractivity contribution in [3.05, 3.63) is 29.8 Å². The van der Waals surface area contributed by atoms with E-state index >= 15 is 0 Å². The van der Waals surface area contributed by atoms with Crippen molar-refractivity contribution in [2.45, 2.75) is 37.2 Å². The molecule has 0 saturated carbocycles. The molecule has 0 radical (unpaired) electrons. The third-order valence-electron chi connectivity index (χ3n) is 3.95. The van der Waals surface area contributed by atoms with Gasteiger partial charge >= 0.3 is 6.03 Å². The lowest BCUT2D eigenvalue weighted by atomic mass is 10.0. The molecule has 0 fully saturated rings. The fourth-order valence-electron chi connectivity index (χ4n) is 1.73. The number of carbonyl (C=O) groups is 1. The van der Waals surface area contributed by atoms with E-state index in [4.69, 9.17) is 5.14 Å². The molecule has 0 heterocycles. The molecule has 8 heteroatoms. The van der Waals surface area contributed by atoms with Crippen LogP contribution in [-0.4, -0.2) is 45.5 Å². The highest BCUT2D eigenvalue weighted by Crippen LogP contribution is 2.15. The van der Waals surface area contributed by atoms with Crippen LogP contribution in [0, 0.1) is 0 Å². The molecule has 0 spiro atoms. The Kier molecular flexibility index (Phi) is 6.15. The Hall–Kier alpha value is -1.64. The summed E-state index contributed by atoms with van der Waals surface area (Å²) < 4.78 is 22.4. The number of likely N-dealkylation sites (N-methyl/N-ethyl adjacent to an activating group) is 1. The zero-order chi connectivity index (χ0) is 17.8. The van der Waals surface area contributed by atoms with Gasteiger partial charge in [0.15, 0.2) is 0 Å². The Morgan fingerprint density at radius 3 is 2.22 bits per heavy atom. The number of nitrogens with one attached hydrogen (secondary N) is 2. The molecular formula is C15H26N4O3S. The number of sulfonamides is 1. The number of urea groups is 1. The number of primary sulfonamides is 1. The molecule has 1 aromatic rings. The highest BCUT2D eigenvalue weighted by atomic mass is 32.2. The SMILES string of the molecule is C[C@H](NC(=O)NCC(C)(C)N(C)C)c1ccc(S(N)(=O)=O)cc1. The Morgan fingerprint density at radius 1 is 1.26 bits per heavy atom. The van der Waals surface area contributed by atoms with E-state index in [1.807, 2.05) is 39.8 Å². The lowest BCUT2D eigenvalue weighted by Crippen LogP contribution is -2.50. The van der Waals surface area contributed by atoms with E-state index in [-0.39, 0.29) is 22.5 Å². The molecule has 0 unspecified atom stereocenters. The number of rotatable bonds is 6. The van der Waals surface area contributed by atoms with Gasteiger partial charge in [-0.1, -0.05) is 12.1 Å². The van der Waals surface area contributed by atoms with Crippen molar-refractivity contribution >= 4 is 16.1 Å². The van der Waals surface area contributed by atoms with Gasteiger partial charge in [-0.05, 0) is 52.6 Å². The van der Waals surface area contributed by atoms with Crippen LogP contribution in [0.25, 0.3) is 0 Å². The summed E-state index contributed by atoms with van der Waals surface area (Å²) in [5, 5.41) is 10.7. The van der Waals surface area contributed by atoms with Crippen molar-refractivity contribution in [2.75, 3.05) is 20.6 Å². The second kappa shape index (κ2) is 7.29. The standard InChI is InChI=1S/C15H26N4O3S/c1-11(12-6-8-13(9-7-12)23(16,21)22)18-14(20)17-10-15(2,3)19(4)5/h6-9,11H,10H2,1-5H3,(H2,16,21,22)(H2,17,18,20)/t11-/m0/s1. The molecule has 1 rings (SSSR count). The predicted molar refractivity (Wildman–Crippen MR) is 90.5 cm³/mol. The molecule has 4 N–H and O–H groups in total. The summed E-state index contributed by atoms with van der Waals surface area (Å²) in [5.74, 6) is 0. The Bertz CT molecular complexity index is 639. The minimum Gasteiger partial charge on any atom is -0.336 e. The molecule has 2 amide bonds. The van der Waals surface area contributed by atoms with Crippen molar-refractivity contribution < 1.29 is 13.2 Å². The summed E-state index contributed by atoms with van der Waals surface area (Å²) in [5.41, 5.74) is 0.636. The summed E-state index contributed by atoms with van der Waals surface area (Å²) >= 11 is 0. The van der Waals surface area contributed by atoms with E-state index < -0.39 is 10.0 Å². The average Bonchev–Trinajstić information content (AvgIpc) is 2.44. The smallest absolute Gasteiger partial charge is 0.315 e. The van der Waals surface area contributed by atoms with Gasteiger partial charge in [0, 0.05) is 12.1 Å². The van der Waals surface area contributed by atoms with Gasteiger partial charge in [-0.25, -0.2) is 18.4 Å². The first-order chi connectivity index (χ1) is 10.4. The first-order valence-electron chi connectivity index (χ1n) is 7.28. The van der Waals surface area contributed by atoms with E-state index in [1.54, 1.807) is 12.1 Å². The Labute approximate surface area is 138 Å². The van der Waals surface area contributed by atoms with Gasteiger partial charge in [-0.2, -0.15) is 0 Å². The van der Waals surface area contributed by atoms with Crippen LogP contribution in [0.2, 0.25) is 0 Å². The molecule has 0 saturated heterocycles. The highest BCUT2D eigenvalue weighted by molar-refractivity contribution is 7.89. The van der Waals surface area contributed by atoms with Crippen molar-refractivity contribution in [3.63, 3.8) is 0 Å². The number of carbonyl (C=O) groups excluding carboxylic acids is 1. The molecule has 0 aromatic heterocycles. The van der Waals surface area contributed by atoms with Crippen LogP contribution in [0.1, 0.15) is 32.4 Å². The maximum absolute atomic E-state index is 12.0. The van der Waals surface area contributed by atoms with E-state index in [1.165, 1.54) is 12.1 Å². The maximum Gasteiger partial charge on any atom is 0.315 e. The first kappa shape index (κ1) is 19.4. The molecule has 1 aromatic carbocycles. The van der Waals surface area contributed by atoms with Crippen LogP contribution in [0.4, 0.5) is 4.79 Å². The summed E-state index contributed by atoms with van der Waals surface area (Å²) in [7, 11) is 0.201. The molecule has 0 aliphatic heterocycles. The van der Waals surface area contributed by atoms with Gasteiger partial charge in [0.05, 0.1) is 10.9 Å². The maximum atomic E-state index is 12.0.